The van der Waals surface area contributed by atoms with Gasteiger partial charge in [-0.15, -0.1) is 0 Å². The summed E-state index contributed by atoms with van der Waals surface area (Å²) in [4.78, 5) is 16.8. The standard InChI is InChI=1S/C9H14N2O2/c1-9(2,7-10)8(12)11-5-3-4-6-13-11/h3-6H2,1-2H3. The Kier molecular flexibility index (Phi) is 2.89. The predicted molar refractivity (Wildman–Crippen MR) is 46.3 cm³/mol. The molecule has 0 saturated carbocycles. The second-order valence-electron chi connectivity index (χ2n) is 3.68. The van der Waals surface area contributed by atoms with Gasteiger partial charge in [0.1, 0.15) is 5.41 Å². The van der Waals surface area contributed by atoms with Crippen molar-refractivity contribution in [2.24, 2.45) is 5.41 Å². The molecule has 1 fully saturated rings. The van der Waals surface area contributed by atoms with Gasteiger partial charge in [0.15, 0.2) is 0 Å². The molecule has 72 valence electrons. The van der Waals surface area contributed by atoms with Gasteiger partial charge in [0, 0.05) is 6.54 Å². The summed E-state index contributed by atoms with van der Waals surface area (Å²) < 4.78 is 0. The van der Waals surface area contributed by atoms with Crippen LogP contribution in [-0.4, -0.2) is 24.1 Å². The summed E-state index contributed by atoms with van der Waals surface area (Å²) in [6, 6.07) is 1.97. The summed E-state index contributed by atoms with van der Waals surface area (Å²) in [5.74, 6) is -0.241. The molecule has 1 heterocycles. The van der Waals surface area contributed by atoms with Gasteiger partial charge in [0.25, 0.3) is 5.91 Å². The smallest absolute Gasteiger partial charge is 0.265 e. The molecule has 1 aliphatic rings. The summed E-state index contributed by atoms with van der Waals surface area (Å²) in [6.07, 6.45) is 1.93. The number of nitrogens with zero attached hydrogens (tertiary/aromatic N) is 2. The maximum Gasteiger partial charge on any atom is 0.265 e. The molecule has 4 nitrogen and oxygen atoms in total. The van der Waals surface area contributed by atoms with Gasteiger partial charge in [0.2, 0.25) is 0 Å². The molecule has 1 aliphatic heterocycles. The van der Waals surface area contributed by atoms with Gasteiger partial charge >= 0.3 is 0 Å². The highest BCUT2D eigenvalue weighted by Gasteiger charge is 2.33. The van der Waals surface area contributed by atoms with Crippen LogP contribution in [0.2, 0.25) is 0 Å². The number of hydrogen-bond acceptors (Lipinski definition) is 3. The second kappa shape index (κ2) is 3.75. The summed E-state index contributed by atoms with van der Waals surface area (Å²) in [5, 5.41) is 10.1. The number of nitriles is 1. The summed E-state index contributed by atoms with van der Waals surface area (Å²) >= 11 is 0. The average molecular weight is 182 g/mol. The lowest BCUT2D eigenvalue weighted by Gasteiger charge is -2.29. The van der Waals surface area contributed by atoms with Crippen molar-refractivity contribution in [1.82, 2.24) is 5.06 Å². The topological polar surface area (TPSA) is 53.3 Å². The van der Waals surface area contributed by atoms with Crippen molar-refractivity contribution in [1.29, 1.82) is 5.26 Å². The van der Waals surface area contributed by atoms with Crippen LogP contribution in [0.15, 0.2) is 0 Å². The fourth-order valence-corrected chi connectivity index (χ4v) is 1.12. The second-order valence-corrected chi connectivity index (χ2v) is 3.68. The van der Waals surface area contributed by atoms with Gasteiger partial charge in [-0.25, -0.2) is 5.06 Å². The van der Waals surface area contributed by atoms with E-state index in [0.29, 0.717) is 13.2 Å². The third-order valence-corrected chi connectivity index (χ3v) is 2.04. The van der Waals surface area contributed by atoms with Crippen LogP contribution in [0.1, 0.15) is 26.7 Å². The van der Waals surface area contributed by atoms with Crippen LogP contribution >= 0.6 is 0 Å². The van der Waals surface area contributed by atoms with Crippen molar-refractivity contribution in [3.05, 3.63) is 0 Å². The maximum absolute atomic E-state index is 11.6. The van der Waals surface area contributed by atoms with E-state index in [1.54, 1.807) is 13.8 Å². The zero-order valence-electron chi connectivity index (χ0n) is 8.04. The van der Waals surface area contributed by atoms with Gasteiger partial charge < -0.3 is 0 Å². The summed E-state index contributed by atoms with van der Waals surface area (Å²) in [5.41, 5.74) is -0.975. The van der Waals surface area contributed by atoms with E-state index < -0.39 is 5.41 Å². The molecule has 4 heteroatoms. The van der Waals surface area contributed by atoms with E-state index in [4.69, 9.17) is 10.1 Å². The first-order chi connectivity index (χ1) is 6.08. The Morgan fingerprint density at radius 1 is 1.54 bits per heavy atom. The first kappa shape index (κ1) is 10.0. The van der Waals surface area contributed by atoms with Crippen molar-refractivity contribution < 1.29 is 9.63 Å². The van der Waals surface area contributed by atoms with E-state index in [1.165, 1.54) is 5.06 Å². The van der Waals surface area contributed by atoms with E-state index in [2.05, 4.69) is 0 Å². The lowest BCUT2D eigenvalue weighted by molar-refractivity contribution is -0.203. The van der Waals surface area contributed by atoms with Gasteiger partial charge in [-0.2, -0.15) is 5.26 Å². The maximum atomic E-state index is 11.6. The Morgan fingerprint density at radius 3 is 2.69 bits per heavy atom. The fourth-order valence-electron chi connectivity index (χ4n) is 1.12. The van der Waals surface area contributed by atoms with Crippen LogP contribution in [-0.2, 0) is 9.63 Å². The van der Waals surface area contributed by atoms with Crippen molar-refractivity contribution in [3.63, 3.8) is 0 Å². The Balaban J connectivity index is 2.61. The fraction of sp³-hybridized carbons (Fsp3) is 0.778. The van der Waals surface area contributed by atoms with E-state index in [-0.39, 0.29) is 5.91 Å². The molecule has 0 radical (unpaired) electrons. The zero-order valence-corrected chi connectivity index (χ0v) is 8.04. The number of carbonyl (C=O) groups is 1. The van der Waals surface area contributed by atoms with Crippen molar-refractivity contribution in [2.75, 3.05) is 13.2 Å². The molecule has 0 bridgehead atoms. The Morgan fingerprint density at radius 2 is 2.23 bits per heavy atom. The van der Waals surface area contributed by atoms with Crippen LogP contribution in [0.25, 0.3) is 0 Å². The molecule has 0 N–H and O–H groups in total. The SMILES string of the molecule is CC(C)(C#N)C(=O)N1CCCCO1. The summed E-state index contributed by atoms with van der Waals surface area (Å²) in [7, 11) is 0. The highest BCUT2D eigenvalue weighted by molar-refractivity contribution is 5.83. The van der Waals surface area contributed by atoms with Gasteiger partial charge in [0.05, 0.1) is 12.7 Å². The van der Waals surface area contributed by atoms with E-state index in [9.17, 15) is 4.79 Å². The van der Waals surface area contributed by atoms with Crippen LogP contribution in [0, 0.1) is 16.7 Å². The average Bonchev–Trinajstić information content (AvgIpc) is 2.18. The molecule has 13 heavy (non-hydrogen) atoms. The highest BCUT2D eigenvalue weighted by Crippen LogP contribution is 2.19. The number of hydroxylamine groups is 2. The molecule has 0 atom stereocenters. The Labute approximate surface area is 78.0 Å². The van der Waals surface area contributed by atoms with E-state index in [1.807, 2.05) is 6.07 Å². The van der Waals surface area contributed by atoms with Crippen molar-refractivity contribution in [3.8, 4) is 6.07 Å². The van der Waals surface area contributed by atoms with Crippen molar-refractivity contribution in [2.45, 2.75) is 26.7 Å². The molecule has 0 aromatic heterocycles. The number of hydrogen-bond donors (Lipinski definition) is 0. The van der Waals surface area contributed by atoms with Gasteiger partial charge in [-0.05, 0) is 26.7 Å². The lowest BCUT2D eigenvalue weighted by atomic mass is 9.94. The van der Waals surface area contributed by atoms with Crippen molar-refractivity contribution >= 4 is 5.91 Å². The third kappa shape index (κ3) is 2.19. The summed E-state index contributed by atoms with van der Waals surface area (Å²) in [6.45, 7) is 4.39. The monoisotopic (exact) mass is 182 g/mol. The molecule has 0 aliphatic carbocycles. The number of carbonyl (C=O) groups excluding carboxylic acids is 1. The first-order valence-corrected chi connectivity index (χ1v) is 4.44. The zero-order chi connectivity index (χ0) is 9.90. The van der Waals surface area contributed by atoms with Crippen LogP contribution in [0.5, 0.6) is 0 Å². The predicted octanol–water partition coefficient (Wildman–Crippen LogP) is 1.09. The molecule has 0 spiro atoms. The quantitative estimate of drug-likeness (QED) is 0.610. The van der Waals surface area contributed by atoms with Crippen LogP contribution < -0.4 is 0 Å². The molecule has 0 aromatic rings. The largest absolute Gasteiger partial charge is 0.271 e. The minimum absolute atomic E-state index is 0.241. The lowest BCUT2D eigenvalue weighted by Crippen LogP contribution is -2.42. The molecule has 1 amide bonds. The normalized spacial score (nSPS) is 18.1. The molecular formula is C9H14N2O2. The Hall–Kier alpha value is -1.08. The molecule has 0 aromatic carbocycles. The number of rotatable bonds is 1. The minimum Gasteiger partial charge on any atom is -0.271 e. The molecule has 0 unspecified atom stereocenters. The van der Waals surface area contributed by atoms with Crippen LogP contribution in [0.4, 0.5) is 0 Å². The van der Waals surface area contributed by atoms with Crippen LogP contribution in [0.3, 0.4) is 0 Å². The van der Waals surface area contributed by atoms with E-state index >= 15 is 0 Å². The molecule has 1 rings (SSSR count). The minimum atomic E-state index is -0.975. The highest BCUT2D eigenvalue weighted by atomic mass is 16.7. The molecular weight excluding hydrogens is 168 g/mol. The van der Waals surface area contributed by atoms with Gasteiger partial charge in [-0.1, -0.05) is 0 Å². The Bertz CT molecular complexity index is 236. The first-order valence-electron chi connectivity index (χ1n) is 4.44. The third-order valence-electron chi connectivity index (χ3n) is 2.04. The van der Waals surface area contributed by atoms with E-state index in [0.717, 1.165) is 12.8 Å². The van der Waals surface area contributed by atoms with Gasteiger partial charge in [-0.3, -0.25) is 9.63 Å². The molecule has 1 saturated heterocycles. The number of amides is 1.